The summed E-state index contributed by atoms with van der Waals surface area (Å²) in [6.45, 7) is 7.31. The Bertz CT molecular complexity index is 515. The third-order valence-corrected chi connectivity index (χ3v) is 2.81. The maximum Gasteiger partial charge on any atom is 0.379 e. The van der Waals surface area contributed by atoms with E-state index in [0.717, 1.165) is 0 Å². The van der Waals surface area contributed by atoms with Crippen LogP contribution in [0.2, 0.25) is 5.02 Å². The van der Waals surface area contributed by atoms with Crippen LogP contribution in [0.4, 0.5) is 0 Å². The normalized spacial score (nSPS) is 11.2. The molecule has 0 fully saturated rings. The molecule has 0 spiro atoms. The molecule has 1 rings (SSSR count). The van der Waals surface area contributed by atoms with E-state index < -0.39 is 17.2 Å². The Morgan fingerprint density at radius 2 is 1.89 bits per heavy atom. The predicted octanol–water partition coefficient (Wildman–Crippen LogP) is 3.09. The molecule has 0 aliphatic heterocycles. The molecule has 5 heteroatoms. The summed E-state index contributed by atoms with van der Waals surface area (Å²) in [6, 6.07) is 2.85. The fraction of sp³-hybridized carbons (Fsp3) is 0.429. The van der Waals surface area contributed by atoms with E-state index in [9.17, 15) is 14.7 Å². The molecule has 0 aliphatic rings. The van der Waals surface area contributed by atoms with Gasteiger partial charge in [-0.05, 0) is 24.5 Å². The largest absolute Gasteiger partial charge is 0.507 e. The molecule has 0 bridgehead atoms. The van der Waals surface area contributed by atoms with Crippen molar-refractivity contribution in [2.45, 2.75) is 33.1 Å². The summed E-state index contributed by atoms with van der Waals surface area (Å²) < 4.78 is 4.64. The summed E-state index contributed by atoms with van der Waals surface area (Å²) in [5.41, 5.74) is -0.0258. The molecule has 1 aromatic carbocycles. The zero-order valence-electron chi connectivity index (χ0n) is 11.4. The SMILES string of the molecule is CCOC(=O)C(=O)c1cc(Cl)cc(C(C)(C)C)c1O. The topological polar surface area (TPSA) is 63.6 Å². The Morgan fingerprint density at radius 1 is 1.32 bits per heavy atom. The molecule has 1 aromatic rings. The second kappa shape index (κ2) is 5.61. The summed E-state index contributed by atoms with van der Waals surface area (Å²) in [5.74, 6) is -2.12. The quantitative estimate of drug-likeness (QED) is 0.526. The fourth-order valence-corrected chi connectivity index (χ4v) is 1.87. The van der Waals surface area contributed by atoms with Crippen molar-refractivity contribution < 1.29 is 19.4 Å². The van der Waals surface area contributed by atoms with Gasteiger partial charge in [0.25, 0.3) is 5.78 Å². The highest BCUT2D eigenvalue weighted by Gasteiger charge is 2.27. The smallest absolute Gasteiger partial charge is 0.379 e. The number of benzene rings is 1. The number of hydrogen-bond acceptors (Lipinski definition) is 4. The first-order valence-electron chi connectivity index (χ1n) is 5.93. The number of hydrogen-bond donors (Lipinski definition) is 1. The summed E-state index contributed by atoms with van der Waals surface area (Å²) in [5, 5.41) is 10.4. The van der Waals surface area contributed by atoms with Crippen LogP contribution >= 0.6 is 11.6 Å². The van der Waals surface area contributed by atoms with Gasteiger partial charge in [-0.1, -0.05) is 32.4 Å². The van der Waals surface area contributed by atoms with E-state index in [1.54, 1.807) is 13.0 Å². The van der Waals surface area contributed by atoms with E-state index >= 15 is 0 Å². The fourth-order valence-electron chi connectivity index (χ4n) is 1.65. The number of Topliss-reactive ketones (excluding diaryl/α,β-unsaturated/α-hetero) is 1. The number of ketones is 1. The van der Waals surface area contributed by atoms with E-state index in [0.29, 0.717) is 5.56 Å². The van der Waals surface area contributed by atoms with Gasteiger partial charge >= 0.3 is 5.97 Å². The van der Waals surface area contributed by atoms with Crippen LogP contribution in [-0.4, -0.2) is 23.5 Å². The minimum absolute atomic E-state index is 0.0953. The van der Waals surface area contributed by atoms with Crippen LogP contribution in [0.1, 0.15) is 43.6 Å². The highest BCUT2D eigenvalue weighted by Crippen LogP contribution is 2.36. The van der Waals surface area contributed by atoms with Gasteiger partial charge in [-0.15, -0.1) is 0 Å². The Kier molecular flexibility index (Phi) is 4.58. The molecule has 0 heterocycles. The van der Waals surface area contributed by atoms with Gasteiger partial charge in [-0.2, -0.15) is 0 Å². The molecule has 4 nitrogen and oxygen atoms in total. The van der Waals surface area contributed by atoms with Crippen LogP contribution in [0.25, 0.3) is 0 Å². The summed E-state index contributed by atoms with van der Waals surface area (Å²) in [4.78, 5) is 23.3. The lowest BCUT2D eigenvalue weighted by molar-refractivity contribution is -0.137. The number of halogens is 1. The van der Waals surface area contributed by atoms with Crippen molar-refractivity contribution in [3.8, 4) is 5.75 Å². The number of esters is 1. The molecule has 104 valence electrons. The zero-order chi connectivity index (χ0) is 14.8. The molecule has 0 radical (unpaired) electrons. The van der Waals surface area contributed by atoms with Crippen molar-refractivity contribution >= 4 is 23.4 Å². The van der Waals surface area contributed by atoms with Gasteiger partial charge in [0, 0.05) is 10.6 Å². The Labute approximate surface area is 117 Å². The lowest BCUT2D eigenvalue weighted by atomic mass is 9.84. The van der Waals surface area contributed by atoms with Gasteiger partial charge in [-0.25, -0.2) is 4.79 Å². The minimum Gasteiger partial charge on any atom is -0.507 e. The standard InChI is InChI=1S/C14H17ClO4/c1-5-19-13(18)12(17)9-6-8(15)7-10(11(9)16)14(2,3)4/h6-7,16H,5H2,1-4H3. The number of ether oxygens (including phenoxy) is 1. The maximum atomic E-state index is 11.9. The molecule has 0 saturated carbocycles. The second-order valence-corrected chi connectivity index (χ2v) is 5.59. The first-order valence-corrected chi connectivity index (χ1v) is 6.30. The van der Waals surface area contributed by atoms with Crippen LogP contribution in [0.5, 0.6) is 5.75 Å². The first kappa shape index (κ1) is 15.5. The number of phenolic OH excluding ortho intramolecular Hbond substituents is 1. The van der Waals surface area contributed by atoms with E-state index in [2.05, 4.69) is 4.74 Å². The molecule has 19 heavy (non-hydrogen) atoms. The Hall–Kier alpha value is -1.55. The molecule has 0 unspecified atom stereocenters. The van der Waals surface area contributed by atoms with Crippen molar-refractivity contribution in [1.29, 1.82) is 0 Å². The molecule has 0 amide bonds. The molecule has 0 aliphatic carbocycles. The van der Waals surface area contributed by atoms with Crippen LogP contribution in [0.15, 0.2) is 12.1 Å². The van der Waals surface area contributed by atoms with Crippen molar-refractivity contribution in [3.63, 3.8) is 0 Å². The number of carbonyl (C=O) groups is 2. The van der Waals surface area contributed by atoms with Gasteiger partial charge in [0.1, 0.15) is 5.75 Å². The highest BCUT2D eigenvalue weighted by molar-refractivity contribution is 6.42. The Balaban J connectivity index is 3.34. The van der Waals surface area contributed by atoms with Crippen LogP contribution in [0.3, 0.4) is 0 Å². The first-order chi connectivity index (χ1) is 8.68. The Morgan fingerprint density at radius 3 is 2.37 bits per heavy atom. The highest BCUT2D eigenvalue weighted by atomic mass is 35.5. The third kappa shape index (κ3) is 3.47. The summed E-state index contributed by atoms with van der Waals surface area (Å²) in [6.07, 6.45) is 0. The van der Waals surface area contributed by atoms with Crippen molar-refractivity contribution in [2.75, 3.05) is 6.61 Å². The maximum absolute atomic E-state index is 11.9. The minimum atomic E-state index is -1.00. The van der Waals surface area contributed by atoms with E-state index in [4.69, 9.17) is 11.6 Å². The average molecular weight is 285 g/mol. The van der Waals surface area contributed by atoms with Crippen LogP contribution in [0, 0.1) is 0 Å². The number of carbonyl (C=O) groups excluding carboxylic acids is 2. The van der Waals surface area contributed by atoms with E-state index in [-0.39, 0.29) is 22.9 Å². The van der Waals surface area contributed by atoms with Crippen molar-refractivity contribution in [2.24, 2.45) is 0 Å². The van der Waals surface area contributed by atoms with Gasteiger partial charge in [0.15, 0.2) is 0 Å². The third-order valence-electron chi connectivity index (χ3n) is 2.59. The lowest BCUT2D eigenvalue weighted by Crippen LogP contribution is -2.19. The van der Waals surface area contributed by atoms with Crippen LogP contribution < -0.4 is 0 Å². The van der Waals surface area contributed by atoms with E-state index in [1.807, 2.05) is 20.8 Å². The van der Waals surface area contributed by atoms with Gasteiger partial charge in [0.05, 0.1) is 12.2 Å². The summed E-state index contributed by atoms with van der Waals surface area (Å²) in [7, 11) is 0. The molecular formula is C14H17ClO4. The van der Waals surface area contributed by atoms with Crippen molar-refractivity contribution in [3.05, 3.63) is 28.3 Å². The zero-order valence-corrected chi connectivity index (χ0v) is 12.2. The monoisotopic (exact) mass is 284 g/mol. The second-order valence-electron chi connectivity index (χ2n) is 5.15. The average Bonchev–Trinajstić information content (AvgIpc) is 2.29. The van der Waals surface area contributed by atoms with E-state index in [1.165, 1.54) is 6.07 Å². The molecule has 0 aromatic heterocycles. The molecule has 1 N–H and O–H groups in total. The van der Waals surface area contributed by atoms with Gasteiger partial charge < -0.3 is 9.84 Å². The van der Waals surface area contributed by atoms with Gasteiger partial charge in [-0.3, -0.25) is 4.79 Å². The molecular weight excluding hydrogens is 268 g/mol. The predicted molar refractivity (Wildman–Crippen MR) is 72.8 cm³/mol. The number of aromatic hydroxyl groups is 1. The van der Waals surface area contributed by atoms with Crippen LogP contribution in [-0.2, 0) is 14.9 Å². The molecule has 0 saturated heterocycles. The van der Waals surface area contributed by atoms with Gasteiger partial charge in [0.2, 0.25) is 0 Å². The summed E-state index contributed by atoms with van der Waals surface area (Å²) >= 11 is 5.94. The number of rotatable bonds is 3. The molecule has 0 atom stereocenters. The number of phenols is 1. The lowest BCUT2D eigenvalue weighted by Gasteiger charge is -2.22. The van der Waals surface area contributed by atoms with Crippen molar-refractivity contribution in [1.82, 2.24) is 0 Å².